The molecule has 0 aliphatic heterocycles. The van der Waals surface area contributed by atoms with Crippen molar-refractivity contribution < 1.29 is 14.3 Å². The van der Waals surface area contributed by atoms with Crippen molar-refractivity contribution in [1.82, 2.24) is 16.2 Å². The number of thiocarbonyl (C=S) groups is 1. The number of benzene rings is 2. The van der Waals surface area contributed by atoms with E-state index in [1.54, 1.807) is 12.1 Å². The third kappa shape index (κ3) is 6.85. The Bertz CT molecular complexity index is 892. The Morgan fingerprint density at radius 1 is 1.04 bits per heavy atom. The maximum absolute atomic E-state index is 11.9. The smallest absolute Gasteiger partial charge is 0.276 e. The van der Waals surface area contributed by atoms with E-state index in [1.807, 2.05) is 57.2 Å². The maximum Gasteiger partial charge on any atom is 0.276 e. The third-order valence-corrected chi connectivity index (χ3v) is 4.17. The minimum atomic E-state index is -0.423. The molecule has 2 aromatic rings. The zero-order chi connectivity index (χ0) is 20.5. The van der Waals surface area contributed by atoms with E-state index in [4.69, 9.17) is 17.0 Å². The van der Waals surface area contributed by atoms with Crippen LogP contribution in [-0.4, -0.2) is 23.5 Å². The number of nitrogens with one attached hydrogen (secondary N) is 3. The number of hydrazine groups is 1. The Morgan fingerprint density at radius 3 is 2.46 bits per heavy atom. The molecule has 146 valence electrons. The first-order chi connectivity index (χ1) is 13.3. The van der Waals surface area contributed by atoms with E-state index in [-0.39, 0.29) is 11.7 Å². The minimum Gasteiger partial charge on any atom is -0.483 e. The van der Waals surface area contributed by atoms with E-state index in [1.165, 1.54) is 6.08 Å². The number of aryl methyl sites for hydroxylation is 2. The van der Waals surface area contributed by atoms with Gasteiger partial charge in [0.25, 0.3) is 5.91 Å². The summed E-state index contributed by atoms with van der Waals surface area (Å²) in [4.78, 5) is 23.7. The molecular formula is C21H23N3O3S. The molecule has 0 saturated carbocycles. The Hall–Kier alpha value is -3.19. The van der Waals surface area contributed by atoms with Crippen LogP contribution in [0.5, 0.6) is 5.75 Å². The highest BCUT2D eigenvalue weighted by molar-refractivity contribution is 7.80. The van der Waals surface area contributed by atoms with Crippen molar-refractivity contribution in [3.63, 3.8) is 0 Å². The molecule has 0 spiro atoms. The average Bonchev–Trinajstić information content (AvgIpc) is 2.67. The molecule has 2 amide bonds. The molecule has 0 aromatic heterocycles. The summed E-state index contributed by atoms with van der Waals surface area (Å²) >= 11 is 4.98. The van der Waals surface area contributed by atoms with E-state index >= 15 is 0 Å². The van der Waals surface area contributed by atoms with Crippen molar-refractivity contribution in [1.29, 1.82) is 0 Å². The van der Waals surface area contributed by atoms with Gasteiger partial charge in [0.05, 0.1) is 0 Å². The second-order valence-corrected chi connectivity index (χ2v) is 6.63. The summed E-state index contributed by atoms with van der Waals surface area (Å²) in [6.45, 7) is 5.71. The first kappa shape index (κ1) is 21.1. The maximum atomic E-state index is 11.9. The van der Waals surface area contributed by atoms with Gasteiger partial charge in [-0.3, -0.25) is 25.8 Å². The topological polar surface area (TPSA) is 79.5 Å². The summed E-state index contributed by atoms with van der Waals surface area (Å²) in [6, 6.07) is 13.4. The summed E-state index contributed by atoms with van der Waals surface area (Å²) < 4.78 is 5.49. The van der Waals surface area contributed by atoms with Gasteiger partial charge in [0, 0.05) is 6.08 Å². The van der Waals surface area contributed by atoms with E-state index in [0.717, 1.165) is 22.3 Å². The molecule has 2 rings (SSSR count). The van der Waals surface area contributed by atoms with Gasteiger partial charge in [0.1, 0.15) is 5.75 Å². The summed E-state index contributed by atoms with van der Waals surface area (Å²) in [6.07, 6.45) is 3.04. The fourth-order valence-corrected chi connectivity index (χ4v) is 2.37. The Morgan fingerprint density at radius 2 is 1.75 bits per heavy atom. The molecule has 6 nitrogen and oxygen atoms in total. The van der Waals surface area contributed by atoms with Crippen LogP contribution in [0.15, 0.2) is 48.5 Å². The van der Waals surface area contributed by atoms with E-state index in [0.29, 0.717) is 5.75 Å². The molecule has 0 bridgehead atoms. The molecule has 3 N–H and O–H groups in total. The molecule has 28 heavy (non-hydrogen) atoms. The number of amides is 2. The van der Waals surface area contributed by atoms with Gasteiger partial charge in [-0.25, -0.2) is 0 Å². The van der Waals surface area contributed by atoms with Gasteiger partial charge in [-0.2, -0.15) is 0 Å². The van der Waals surface area contributed by atoms with Crippen molar-refractivity contribution in [3.05, 3.63) is 70.8 Å². The molecule has 0 aliphatic rings. The van der Waals surface area contributed by atoms with Crippen LogP contribution < -0.4 is 20.9 Å². The lowest BCUT2D eigenvalue weighted by Gasteiger charge is -2.12. The number of carbonyl (C=O) groups is 2. The molecule has 0 radical (unpaired) electrons. The standard InChI is InChI=1S/C21H23N3O3S/c1-14-7-9-17(10-8-14)11-12-19(25)22-21(28)24-23-20(26)13-27-18-6-4-5-15(2)16(18)3/h4-12H,13H2,1-3H3,(H,23,26)(H2,22,24,25,28)/b12-11+. The molecule has 2 aromatic carbocycles. The Balaban J connectivity index is 1.72. The van der Waals surface area contributed by atoms with Gasteiger partial charge < -0.3 is 4.74 Å². The van der Waals surface area contributed by atoms with Crippen LogP contribution in [0.1, 0.15) is 22.3 Å². The monoisotopic (exact) mass is 397 g/mol. The normalized spacial score (nSPS) is 10.4. The van der Waals surface area contributed by atoms with Gasteiger partial charge >= 0.3 is 0 Å². The molecular weight excluding hydrogens is 374 g/mol. The second kappa shape index (κ2) is 10.2. The fourth-order valence-electron chi connectivity index (χ4n) is 2.22. The summed E-state index contributed by atoms with van der Waals surface area (Å²) in [5.41, 5.74) is 8.95. The first-order valence-electron chi connectivity index (χ1n) is 8.68. The highest BCUT2D eigenvalue weighted by Gasteiger charge is 2.07. The molecule has 0 atom stereocenters. The van der Waals surface area contributed by atoms with Gasteiger partial charge in [0.15, 0.2) is 11.7 Å². The molecule has 0 aliphatic carbocycles. The summed E-state index contributed by atoms with van der Waals surface area (Å²) in [5, 5.41) is 2.43. The predicted molar refractivity (Wildman–Crippen MR) is 114 cm³/mol. The summed E-state index contributed by atoms with van der Waals surface area (Å²) in [7, 11) is 0. The van der Waals surface area contributed by atoms with Crippen molar-refractivity contribution in [2.75, 3.05) is 6.61 Å². The minimum absolute atomic E-state index is 0.0151. The van der Waals surface area contributed by atoms with Crippen LogP contribution in [0.3, 0.4) is 0 Å². The Labute approximate surface area is 169 Å². The number of hydrogen-bond acceptors (Lipinski definition) is 4. The van der Waals surface area contributed by atoms with E-state index in [9.17, 15) is 9.59 Å². The lowest BCUT2D eigenvalue weighted by atomic mass is 10.1. The molecule has 0 unspecified atom stereocenters. The van der Waals surface area contributed by atoms with Crippen LogP contribution in [0.2, 0.25) is 0 Å². The van der Waals surface area contributed by atoms with Crippen LogP contribution >= 0.6 is 12.2 Å². The van der Waals surface area contributed by atoms with Gasteiger partial charge in [-0.05, 0) is 61.8 Å². The van der Waals surface area contributed by atoms with Gasteiger partial charge in [0.2, 0.25) is 5.91 Å². The highest BCUT2D eigenvalue weighted by atomic mass is 32.1. The molecule has 7 heteroatoms. The van der Waals surface area contributed by atoms with Crippen LogP contribution in [0, 0.1) is 20.8 Å². The quantitative estimate of drug-likeness (QED) is 0.411. The number of rotatable bonds is 5. The van der Waals surface area contributed by atoms with Crippen molar-refractivity contribution in [3.8, 4) is 5.75 Å². The molecule has 0 saturated heterocycles. The zero-order valence-corrected chi connectivity index (χ0v) is 16.9. The predicted octanol–water partition coefficient (Wildman–Crippen LogP) is 2.73. The van der Waals surface area contributed by atoms with E-state index < -0.39 is 11.8 Å². The number of ether oxygens (including phenoxy) is 1. The SMILES string of the molecule is Cc1ccc(/C=C/C(=O)NC(=S)NNC(=O)COc2cccc(C)c2C)cc1. The lowest BCUT2D eigenvalue weighted by molar-refractivity contribution is -0.123. The summed E-state index contributed by atoms with van der Waals surface area (Å²) in [5.74, 6) is -0.182. The molecule has 0 heterocycles. The number of hydrogen-bond donors (Lipinski definition) is 3. The van der Waals surface area contributed by atoms with Crippen molar-refractivity contribution in [2.24, 2.45) is 0 Å². The van der Waals surface area contributed by atoms with Crippen LogP contribution in [0.4, 0.5) is 0 Å². The lowest BCUT2D eigenvalue weighted by Crippen LogP contribution is -2.49. The fraction of sp³-hybridized carbons (Fsp3) is 0.190. The van der Waals surface area contributed by atoms with Crippen LogP contribution in [-0.2, 0) is 9.59 Å². The van der Waals surface area contributed by atoms with Crippen molar-refractivity contribution >= 4 is 35.2 Å². The zero-order valence-electron chi connectivity index (χ0n) is 16.0. The average molecular weight is 398 g/mol. The largest absolute Gasteiger partial charge is 0.483 e. The van der Waals surface area contributed by atoms with Gasteiger partial charge in [-0.15, -0.1) is 0 Å². The highest BCUT2D eigenvalue weighted by Crippen LogP contribution is 2.20. The second-order valence-electron chi connectivity index (χ2n) is 6.22. The third-order valence-electron chi connectivity index (χ3n) is 3.97. The van der Waals surface area contributed by atoms with Crippen LogP contribution in [0.25, 0.3) is 6.08 Å². The van der Waals surface area contributed by atoms with Crippen molar-refractivity contribution in [2.45, 2.75) is 20.8 Å². The van der Waals surface area contributed by atoms with E-state index in [2.05, 4.69) is 16.2 Å². The first-order valence-corrected chi connectivity index (χ1v) is 9.09. The molecule has 0 fully saturated rings. The van der Waals surface area contributed by atoms with Gasteiger partial charge in [-0.1, -0.05) is 42.0 Å². The number of carbonyl (C=O) groups excluding carboxylic acids is 2. The Kier molecular flexibility index (Phi) is 7.71.